The first-order chi connectivity index (χ1) is 12.9. The van der Waals surface area contributed by atoms with Crippen molar-refractivity contribution in [3.05, 3.63) is 40.8 Å². The lowest BCUT2D eigenvalue weighted by molar-refractivity contribution is 0.382. The number of halogens is 1. The molecule has 0 saturated carbocycles. The molecule has 7 nitrogen and oxygen atoms in total. The number of hydrogen-bond donors (Lipinski definition) is 1. The zero-order valence-electron chi connectivity index (χ0n) is 17.7. The van der Waals surface area contributed by atoms with Crippen LogP contribution in [0.2, 0.25) is 0 Å². The molecule has 1 heterocycles. The molecule has 0 saturated heterocycles. The first-order valence-corrected chi connectivity index (χ1v) is 8.96. The molecular formula is C20H31IN4O3. The SMILES string of the molecule is CN=C(NCC(C)c1c(C)noc1C)N(C)Cc1ccc(OC)cc1OC.I. The van der Waals surface area contributed by atoms with Crippen molar-refractivity contribution in [2.45, 2.75) is 33.2 Å². The number of aromatic nitrogens is 1. The maximum absolute atomic E-state index is 5.49. The Bertz CT molecular complexity index is 772. The highest BCUT2D eigenvalue weighted by Gasteiger charge is 2.18. The second kappa shape index (κ2) is 11.1. The molecule has 1 aromatic carbocycles. The van der Waals surface area contributed by atoms with Crippen LogP contribution in [0.15, 0.2) is 27.7 Å². The molecule has 0 fully saturated rings. The topological polar surface area (TPSA) is 72.1 Å². The van der Waals surface area contributed by atoms with Gasteiger partial charge in [0.1, 0.15) is 17.3 Å². The van der Waals surface area contributed by atoms with Gasteiger partial charge in [-0.2, -0.15) is 0 Å². The summed E-state index contributed by atoms with van der Waals surface area (Å²) in [6.07, 6.45) is 0. The molecule has 0 bridgehead atoms. The number of ether oxygens (including phenoxy) is 2. The number of hydrogen-bond acceptors (Lipinski definition) is 5. The summed E-state index contributed by atoms with van der Waals surface area (Å²) in [6, 6.07) is 5.83. The van der Waals surface area contributed by atoms with Crippen molar-refractivity contribution in [3.63, 3.8) is 0 Å². The lowest BCUT2D eigenvalue weighted by Gasteiger charge is -2.24. The van der Waals surface area contributed by atoms with Gasteiger partial charge in [-0.05, 0) is 26.0 Å². The van der Waals surface area contributed by atoms with Crippen LogP contribution in [0.4, 0.5) is 0 Å². The van der Waals surface area contributed by atoms with Gasteiger partial charge in [-0.3, -0.25) is 4.99 Å². The van der Waals surface area contributed by atoms with E-state index in [1.54, 1.807) is 21.3 Å². The second-order valence-corrected chi connectivity index (χ2v) is 6.60. The van der Waals surface area contributed by atoms with E-state index in [0.29, 0.717) is 6.54 Å². The van der Waals surface area contributed by atoms with Crippen molar-refractivity contribution in [1.29, 1.82) is 0 Å². The van der Waals surface area contributed by atoms with Crippen LogP contribution < -0.4 is 14.8 Å². The number of nitrogens with zero attached hydrogens (tertiary/aromatic N) is 3. The van der Waals surface area contributed by atoms with Gasteiger partial charge >= 0.3 is 0 Å². The lowest BCUT2D eigenvalue weighted by Crippen LogP contribution is -2.40. The third-order valence-electron chi connectivity index (χ3n) is 4.62. The maximum Gasteiger partial charge on any atom is 0.193 e. The van der Waals surface area contributed by atoms with E-state index < -0.39 is 0 Å². The van der Waals surface area contributed by atoms with Crippen LogP contribution in [0.5, 0.6) is 11.5 Å². The van der Waals surface area contributed by atoms with Gasteiger partial charge in [-0.15, -0.1) is 24.0 Å². The molecule has 1 aromatic heterocycles. The summed E-state index contributed by atoms with van der Waals surface area (Å²) >= 11 is 0. The van der Waals surface area contributed by atoms with Gasteiger partial charge in [0.25, 0.3) is 0 Å². The van der Waals surface area contributed by atoms with E-state index in [-0.39, 0.29) is 29.9 Å². The molecule has 1 atom stereocenters. The molecule has 1 unspecified atom stereocenters. The van der Waals surface area contributed by atoms with Crippen LogP contribution in [0, 0.1) is 13.8 Å². The molecule has 28 heavy (non-hydrogen) atoms. The Labute approximate surface area is 184 Å². The summed E-state index contributed by atoms with van der Waals surface area (Å²) in [5, 5.41) is 7.47. The minimum absolute atomic E-state index is 0. The smallest absolute Gasteiger partial charge is 0.193 e. The number of methoxy groups -OCH3 is 2. The normalized spacial score (nSPS) is 12.2. The van der Waals surface area contributed by atoms with Crippen LogP contribution in [-0.4, -0.2) is 50.9 Å². The summed E-state index contributed by atoms with van der Waals surface area (Å²) in [6.45, 7) is 7.47. The van der Waals surface area contributed by atoms with Gasteiger partial charge in [-0.1, -0.05) is 12.1 Å². The Morgan fingerprint density at radius 2 is 2.00 bits per heavy atom. The summed E-state index contributed by atoms with van der Waals surface area (Å²) in [5.74, 6) is 3.51. The fourth-order valence-corrected chi connectivity index (χ4v) is 3.24. The van der Waals surface area contributed by atoms with E-state index in [9.17, 15) is 0 Å². The Kier molecular flexibility index (Phi) is 9.57. The molecule has 1 N–H and O–H groups in total. The van der Waals surface area contributed by atoms with Crippen LogP contribution >= 0.6 is 24.0 Å². The lowest BCUT2D eigenvalue weighted by atomic mass is 10.00. The van der Waals surface area contributed by atoms with Crippen LogP contribution in [0.3, 0.4) is 0 Å². The van der Waals surface area contributed by atoms with Crippen molar-refractivity contribution in [2.75, 3.05) is 34.9 Å². The summed E-state index contributed by atoms with van der Waals surface area (Å²) in [4.78, 5) is 6.46. The number of guanidine groups is 1. The highest BCUT2D eigenvalue weighted by atomic mass is 127. The predicted octanol–water partition coefficient (Wildman–Crippen LogP) is 3.74. The Balaban J connectivity index is 0.00000392. The van der Waals surface area contributed by atoms with E-state index in [1.165, 1.54) is 0 Å². The molecule has 0 aliphatic rings. The monoisotopic (exact) mass is 502 g/mol. The Hall–Kier alpha value is -1.97. The fraction of sp³-hybridized carbons (Fsp3) is 0.500. The summed E-state index contributed by atoms with van der Waals surface area (Å²) in [5.41, 5.74) is 3.15. The number of aryl methyl sites for hydroxylation is 2. The van der Waals surface area contributed by atoms with Crippen molar-refractivity contribution < 1.29 is 14.0 Å². The Morgan fingerprint density at radius 1 is 1.29 bits per heavy atom. The van der Waals surface area contributed by atoms with Gasteiger partial charge in [0.15, 0.2) is 5.96 Å². The van der Waals surface area contributed by atoms with Gasteiger partial charge in [0, 0.05) is 50.3 Å². The number of benzene rings is 1. The average Bonchev–Trinajstić information content (AvgIpc) is 3.00. The van der Waals surface area contributed by atoms with Crippen LogP contribution in [0.1, 0.15) is 35.4 Å². The predicted molar refractivity (Wildman–Crippen MR) is 122 cm³/mol. The van der Waals surface area contributed by atoms with E-state index in [2.05, 4.69) is 27.3 Å². The van der Waals surface area contributed by atoms with Crippen molar-refractivity contribution in [2.24, 2.45) is 4.99 Å². The highest BCUT2D eigenvalue weighted by Crippen LogP contribution is 2.26. The van der Waals surface area contributed by atoms with Crippen molar-refractivity contribution in [3.8, 4) is 11.5 Å². The summed E-state index contributed by atoms with van der Waals surface area (Å²) in [7, 11) is 7.09. The first kappa shape index (κ1) is 24.1. The molecule has 0 aliphatic carbocycles. The van der Waals surface area contributed by atoms with Gasteiger partial charge in [0.2, 0.25) is 0 Å². The van der Waals surface area contributed by atoms with Gasteiger partial charge in [-0.25, -0.2) is 0 Å². The number of aliphatic imine (C=N–C) groups is 1. The number of nitrogens with one attached hydrogen (secondary N) is 1. The molecule has 0 amide bonds. The molecule has 156 valence electrons. The van der Waals surface area contributed by atoms with E-state index in [4.69, 9.17) is 14.0 Å². The van der Waals surface area contributed by atoms with Gasteiger partial charge < -0.3 is 24.2 Å². The largest absolute Gasteiger partial charge is 0.497 e. The number of rotatable bonds is 7. The minimum Gasteiger partial charge on any atom is -0.497 e. The third-order valence-corrected chi connectivity index (χ3v) is 4.62. The van der Waals surface area contributed by atoms with E-state index in [1.807, 2.05) is 39.1 Å². The van der Waals surface area contributed by atoms with Crippen molar-refractivity contribution in [1.82, 2.24) is 15.4 Å². The van der Waals surface area contributed by atoms with Crippen LogP contribution in [-0.2, 0) is 6.54 Å². The van der Waals surface area contributed by atoms with E-state index in [0.717, 1.165) is 46.6 Å². The molecule has 0 spiro atoms. The minimum atomic E-state index is 0. The molecule has 2 rings (SSSR count). The fourth-order valence-electron chi connectivity index (χ4n) is 3.24. The van der Waals surface area contributed by atoms with E-state index >= 15 is 0 Å². The second-order valence-electron chi connectivity index (χ2n) is 6.60. The van der Waals surface area contributed by atoms with Crippen molar-refractivity contribution >= 4 is 29.9 Å². The quantitative estimate of drug-likeness (QED) is 0.354. The van der Waals surface area contributed by atoms with Crippen LogP contribution in [0.25, 0.3) is 0 Å². The average molecular weight is 502 g/mol. The zero-order valence-corrected chi connectivity index (χ0v) is 20.0. The van der Waals surface area contributed by atoms with Gasteiger partial charge in [0.05, 0.1) is 19.9 Å². The first-order valence-electron chi connectivity index (χ1n) is 8.96. The Morgan fingerprint density at radius 3 is 2.54 bits per heavy atom. The maximum atomic E-state index is 5.49. The standard InChI is InChI=1S/C20H30N4O3.HI/c1-13(19-14(2)23-27-15(19)3)11-22-20(21-4)24(5)12-16-8-9-17(25-6)10-18(16)26-7;/h8-10,13H,11-12H2,1-7H3,(H,21,22);1H. The zero-order chi connectivity index (χ0) is 20.0. The molecule has 0 aliphatic heterocycles. The molecule has 2 aromatic rings. The molecular weight excluding hydrogens is 471 g/mol. The highest BCUT2D eigenvalue weighted by molar-refractivity contribution is 14.0. The molecule has 0 radical (unpaired) electrons. The third kappa shape index (κ3) is 5.76. The summed E-state index contributed by atoms with van der Waals surface area (Å²) < 4.78 is 16.0. The molecule has 8 heteroatoms.